The van der Waals surface area contributed by atoms with E-state index in [1.54, 1.807) is 24.3 Å². The summed E-state index contributed by atoms with van der Waals surface area (Å²) in [6.45, 7) is 13.7. The number of carbonyl (C=O) groups is 2. The first-order chi connectivity index (χ1) is 16.5. The Morgan fingerprint density at radius 1 is 0.778 bits per heavy atom. The summed E-state index contributed by atoms with van der Waals surface area (Å²) >= 11 is 0. The van der Waals surface area contributed by atoms with Gasteiger partial charge in [0.05, 0.1) is 18.6 Å². The Bertz CT molecular complexity index is 845. The lowest BCUT2D eigenvalue weighted by Crippen LogP contribution is -2.50. The van der Waals surface area contributed by atoms with E-state index in [1.807, 2.05) is 6.92 Å². The monoisotopic (exact) mass is 514 g/mol. The molecule has 204 valence electrons. The van der Waals surface area contributed by atoms with Crippen LogP contribution in [0.4, 0.5) is 13.2 Å². The third kappa shape index (κ3) is 10.2. The average Bonchev–Trinajstić information content (AvgIpc) is 2.76. The Labute approximate surface area is 213 Å². The van der Waals surface area contributed by atoms with Gasteiger partial charge in [0.1, 0.15) is 5.75 Å². The second-order valence-corrected chi connectivity index (χ2v) is 11.1. The number of benzene rings is 1. The Hall–Kier alpha value is -2.51. The normalized spacial score (nSPS) is 13.1. The van der Waals surface area contributed by atoms with Crippen molar-refractivity contribution in [3.63, 3.8) is 0 Å². The van der Waals surface area contributed by atoms with Crippen molar-refractivity contribution in [1.29, 1.82) is 0 Å². The molecule has 0 heterocycles. The van der Waals surface area contributed by atoms with E-state index in [0.717, 1.165) is 31.8 Å². The highest BCUT2D eigenvalue weighted by atomic mass is 19.4. The Morgan fingerprint density at radius 2 is 1.31 bits per heavy atom. The minimum Gasteiger partial charge on any atom is -0.494 e. The molecule has 1 aromatic carbocycles. The number of unbranched alkanes of at least 4 members (excludes halogenated alkanes) is 3. The van der Waals surface area contributed by atoms with E-state index in [9.17, 15) is 22.8 Å². The van der Waals surface area contributed by atoms with Gasteiger partial charge in [-0.25, -0.2) is 4.79 Å². The zero-order valence-corrected chi connectivity index (χ0v) is 22.6. The lowest BCUT2D eigenvalue weighted by atomic mass is 9.55. The van der Waals surface area contributed by atoms with Crippen LogP contribution in [0.2, 0.25) is 0 Å². The summed E-state index contributed by atoms with van der Waals surface area (Å²) in [6.07, 6.45) is 1.29. The quantitative estimate of drug-likeness (QED) is 0.165. The second-order valence-electron chi connectivity index (χ2n) is 11.1. The number of ether oxygens (including phenoxy) is 3. The van der Waals surface area contributed by atoms with E-state index in [4.69, 9.17) is 9.47 Å². The van der Waals surface area contributed by atoms with Crippen molar-refractivity contribution in [3.8, 4) is 5.75 Å². The lowest BCUT2D eigenvalue weighted by Gasteiger charge is -2.48. The van der Waals surface area contributed by atoms with Crippen molar-refractivity contribution in [1.82, 2.24) is 0 Å². The molecule has 0 N–H and O–H groups in total. The van der Waals surface area contributed by atoms with Gasteiger partial charge in [-0.3, -0.25) is 4.79 Å². The highest BCUT2D eigenvalue weighted by Crippen LogP contribution is 2.52. The molecule has 0 saturated carbocycles. The third-order valence-electron chi connectivity index (χ3n) is 6.62. The number of rotatable bonds is 12. The topological polar surface area (TPSA) is 61.8 Å². The predicted molar refractivity (Wildman–Crippen MR) is 134 cm³/mol. The fourth-order valence-corrected chi connectivity index (χ4v) is 3.83. The van der Waals surface area contributed by atoms with Gasteiger partial charge in [0, 0.05) is 6.08 Å². The van der Waals surface area contributed by atoms with Gasteiger partial charge in [-0.2, -0.15) is 13.2 Å². The van der Waals surface area contributed by atoms with Crippen LogP contribution in [0.5, 0.6) is 5.75 Å². The zero-order valence-electron chi connectivity index (χ0n) is 22.6. The number of hydrogen-bond acceptors (Lipinski definition) is 5. The molecule has 0 saturated heterocycles. The van der Waals surface area contributed by atoms with E-state index in [0.29, 0.717) is 24.5 Å². The van der Waals surface area contributed by atoms with E-state index in [1.165, 1.54) is 6.08 Å². The first-order valence-corrected chi connectivity index (χ1v) is 12.3. The van der Waals surface area contributed by atoms with Gasteiger partial charge in [-0.1, -0.05) is 53.7 Å². The summed E-state index contributed by atoms with van der Waals surface area (Å²) in [5, 5.41) is 0. The van der Waals surface area contributed by atoms with Gasteiger partial charge < -0.3 is 14.2 Å². The van der Waals surface area contributed by atoms with Gasteiger partial charge in [-0.05, 0) is 67.2 Å². The van der Waals surface area contributed by atoms with Crippen molar-refractivity contribution >= 4 is 18.0 Å². The molecule has 5 nitrogen and oxygen atoms in total. The molecule has 0 radical (unpaired) electrons. The molecule has 0 unspecified atom stereocenters. The van der Waals surface area contributed by atoms with Crippen molar-refractivity contribution in [2.45, 2.75) is 80.3 Å². The maximum absolute atomic E-state index is 12.9. The maximum Gasteiger partial charge on any atom is 0.422 e. The Kier molecular flexibility index (Phi) is 11.5. The smallest absolute Gasteiger partial charge is 0.422 e. The van der Waals surface area contributed by atoms with Crippen molar-refractivity contribution in [2.24, 2.45) is 16.2 Å². The van der Waals surface area contributed by atoms with Crippen molar-refractivity contribution in [3.05, 3.63) is 35.9 Å². The van der Waals surface area contributed by atoms with E-state index >= 15 is 0 Å². The minimum atomic E-state index is -4.55. The predicted octanol–water partition coefficient (Wildman–Crippen LogP) is 7.39. The fourth-order valence-electron chi connectivity index (χ4n) is 3.83. The van der Waals surface area contributed by atoms with Crippen LogP contribution in [-0.4, -0.2) is 37.9 Å². The highest BCUT2D eigenvalue weighted by Gasteiger charge is 2.53. The van der Waals surface area contributed by atoms with Crippen LogP contribution in [-0.2, 0) is 19.1 Å². The molecule has 1 aromatic rings. The number of halogens is 3. The van der Waals surface area contributed by atoms with Gasteiger partial charge in [0.25, 0.3) is 0 Å². The van der Waals surface area contributed by atoms with Gasteiger partial charge >= 0.3 is 18.1 Å². The fraction of sp³-hybridized carbons (Fsp3) is 0.643. The van der Waals surface area contributed by atoms with Crippen molar-refractivity contribution < 1.29 is 37.0 Å². The van der Waals surface area contributed by atoms with E-state index in [2.05, 4.69) is 46.3 Å². The number of esters is 2. The largest absolute Gasteiger partial charge is 0.494 e. The maximum atomic E-state index is 12.9. The summed E-state index contributed by atoms with van der Waals surface area (Å²) in [7, 11) is 0. The Balaban J connectivity index is 2.29. The molecule has 0 bridgehead atoms. The summed E-state index contributed by atoms with van der Waals surface area (Å²) in [6, 6.07) is 6.84. The standard InChI is InChI=1S/C28H41F3O5/c1-25(2,3)27(7,26(4,5)6)24(33)35-19-11-9-8-10-18-34-22-15-12-21(13-16-22)14-17-23(32)36-20-28(29,30)31/h12-17H,8-11,18-20H2,1-7H3/b17-14+. The second kappa shape index (κ2) is 13.2. The van der Waals surface area contributed by atoms with Gasteiger partial charge in [0.15, 0.2) is 6.61 Å². The van der Waals surface area contributed by atoms with E-state index in [-0.39, 0.29) is 16.8 Å². The van der Waals surface area contributed by atoms with Crippen molar-refractivity contribution in [2.75, 3.05) is 19.8 Å². The molecule has 0 aromatic heterocycles. The number of hydrogen-bond donors (Lipinski definition) is 0. The van der Waals surface area contributed by atoms with Crippen LogP contribution in [0.3, 0.4) is 0 Å². The van der Waals surface area contributed by atoms with E-state index < -0.39 is 24.2 Å². The van der Waals surface area contributed by atoms with Gasteiger partial charge in [-0.15, -0.1) is 0 Å². The molecular weight excluding hydrogens is 473 g/mol. The molecule has 1 rings (SSSR count). The first kappa shape index (κ1) is 31.5. The molecular formula is C28H41F3O5. The summed E-state index contributed by atoms with van der Waals surface area (Å²) < 4.78 is 51.6. The SMILES string of the molecule is CC(C)(C)C(C)(C(=O)OCCCCCCOc1ccc(/C=C/C(=O)OCC(F)(F)F)cc1)C(C)(C)C. The summed E-state index contributed by atoms with van der Waals surface area (Å²) in [4.78, 5) is 24.2. The van der Waals surface area contributed by atoms with Crippen LogP contribution < -0.4 is 4.74 Å². The first-order valence-electron chi connectivity index (χ1n) is 12.3. The molecule has 0 amide bonds. The van der Waals surface area contributed by atoms with Crippen LogP contribution >= 0.6 is 0 Å². The lowest BCUT2D eigenvalue weighted by molar-refractivity contribution is -0.182. The molecule has 8 heteroatoms. The molecule has 36 heavy (non-hydrogen) atoms. The third-order valence-corrected chi connectivity index (χ3v) is 6.62. The summed E-state index contributed by atoms with van der Waals surface area (Å²) in [5.74, 6) is -0.550. The minimum absolute atomic E-state index is 0.151. The molecule has 0 atom stereocenters. The van der Waals surface area contributed by atoms with Crippen LogP contribution in [0, 0.1) is 16.2 Å². The van der Waals surface area contributed by atoms with Gasteiger partial charge in [0.2, 0.25) is 0 Å². The Morgan fingerprint density at radius 3 is 1.81 bits per heavy atom. The molecule has 0 aliphatic carbocycles. The highest BCUT2D eigenvalue weighted by molar-refractivity contribution is 5.87. The average molecular weight is 515 g/mol. The zero-order chi connectivity index (χ0) is 27.6. The van der Waals surface area contributed by atoms with Crippen LogP contribution in [0.1, 0.15) is 79.7 Å². The molecule has 0 spiro atoms. The van der Waals surface area contributed by atoms with Crippen LogP contribution in [0.15, 0.2) is 30.3 Å². The molecule has 0 fully saturated rings. The molecule has 0 aliphatic heterocycles. The summed E-state index contributed by atoms with van der Waals surface area (Å²) in [5.41, 5.74) is -0.419. The van der Waals surface area contributed by atoms with Crippen LogP contribution in [0.25, 0.3) is 6.08 Å². The number of carbonyl (C=O) groups excluding carboxylic acids is 2. The molecule has 0 aliphatic rings. The number of alkyl halides is 3.